The lowest BCUT2D eigenvalue weighted by atomic mass is 9.83. The third-order valence-corrected chi connectivity index (χ3v) is 5.25. The number of allylic oxidation sites excluding steroid dienone is 1. The van der Waals surface area contributed by atoms with E-state index in [1.54, 1.807) is 0 Å². The molecular weight excluding hydrogens is 260 g/mol. The summed E-state index contributed by atoms with van der Waals surface area (Å²) >= 11 is 0. The largest absolute Gasteiger partial charge is 0.497 e. The van der Waals surface area contributed by atoms with E-state index in [-0.39, 0.29) is 5.54 Å². The van der Waals surface area contributed by atoms with Crippen LogP contribution in [0.15, 0.2) is 11.8 Å². The van der Waals surface area contributed by atoms with Crippen molar-refractivity contribution >= 4 is 0 Å². The monoisotopic (exact) mass is 294 g/mol. The zero-order chi connectivity index (χ0) is 15.1. The Hall–Kier alpha value is -0.540. The first-order valence-electron chi connectivity index (χ1n) is 9.09. The molecule has 1 fully saturated rings. The Morgan fingerprint density at radius 2 is 1.90 bits per heavy atom. The zero-order valence-electron chi connectivity index (χ0n) is 14.3. The van der Waals surface area contributed by atoms with Crippen molar-refractivity contribution in [2.75, 3.05) is 26.2 Å². The molecule has 0 saturated heterocycles. The summed E-state index contributed by atoms with van der Waals surface area (Å²) in [5.41, 5.74) is 0.266. The number of nitrogens with one attached hydrogen (secondary N) is 1. The van der Waals surface area contributed by atoms with Gasteiger partial charge in [0.2, 0.25) is 0 Å². The van der Waals surface area contributed by atoms with Gasteiger partial charge in [0.1, 0.15) is 5.76 Å². The normalized spacial score (nSPS) is 23.0. The molecule has 2 rings (SSSR count). The van der Waals surface area contributed by atoms with Gasteiger partial charge in [-0.25, -0.2) is 0 Å². The fraction of sp³-hybridized carbons (Fsp3) is 0.889. The maximum atomic E-state index is 6.09. The van der Waals surface area contributed by atoms with Crippen molar-refractivity contribution in [1.82, 2.24) is 10.2 Å². The van der Waals surface area contributed by atoms with Crippen molar-refractivity contribution in [3.8, 4) is 0 Å². The van der Waals surface area contributed by atoms with Crippen molar-refractivity contribution in [1.29, 1.82) is 0 Å². The second kappa shape index (κ2) is 8.19. The maximum Gasteiger partial charge on any atom is 0.111 e. The molecule has 1 N–H and O–H groups in total. The SMILES string of the molecule is CCCNC(C1=CCCCO1)C1(N(CC)CC)CCCC1. The van der Waals surface area contributed by atoms with E-state index in [9.17, 15) is 0 Å². The van der Waals surface area contributed by atoms with Crippen LogP contribution >= 0.6 is 0 Å². The summed E-state index contributed by atoms with van der Waals surface area (Å²) in [6.07, 6.45) is 11.2. The zero-order valence-corrected chi connectivity index (χ0v) is 14.3. The van der Waals surface area contributed by atoms with Gasteiger partial charge in [-0.15, -0.1) is 0 Å². The predicted octanol–water partition coefficient (Wildman–Crippen LogP) is 3.70. The van der Waals surface area contributed by atoms with Crippen LogP contribution in [0.2, 0.25) is 0 Å². The van der Waals surface area contributed by atoms with Crippen molar-refractivity contribution in [3.05, 3.63) is 11.8 Å². The van der Waals surface area contributed by atoms with Gasteiger partial charge in [0.25, 0.3) is 0 Å². The van der Waals surface area contributed by atoms with E-state index < -0.39 is 0 Å². The molecule has 1 aliphatic heterocycles. The van der Waals surface area contributed by atoms with Crippen LogP contribution in [-0.2, 0) is 4.74 Å². The molecule has 0 aromatic carbocycles. The molecule has 0 radical (unpaired) electrons. The van der Waals surface area contributed by atoms with Crippen LogP contribution in [0.3, 0.4) is 0 Å². The summed E-state index contributed by atoms with van der Waals surface area (Å²) in [6, 6.07) is 0.375. The minimum Gasteiger partial charge on any atom is -0.497 e. The smallest absolute Gasteiger partial charge is 0.111 e. The first-order valence-corrected chi connectivity index (χ1v) is 9.09. The Bertz CT molecular complexity index is 330. The fourth-order valence-electron chi connectivity index (χ4n) is 4.25. The quantitative estimate of drug-likeness (QED) is 0.738. The third-order valence-electron chi connectivity index (χ3n) is 5.25. The van der Waals surface area contributed by atoms with E-state index >= 15 is 0 Å². The molecule has 0 spiro atoms. The van der Waals surface area contributed by atoms with E-state index in [2.05, 4.69) is 37.1 Å². The molecule has 0 aromatic heterocycles. The van der Waals surface area contributed by atoms with Crippen molar-refractivity contribution in [2.45, 2.75) is 77.3 Å². The predicted molar refractivity (Wildman–Crippen MR) is 89.5 cm³/mol. The van der Waals surface area contributed by atoms with Crippen LogP contribution in [0, 0.1) is 0 Å². The van der Waals surface area contributed by atoms with Gasteiger partial charge in [-0.2, -0.15) is 0 Å². The van der Waals surface area contributed by atoms with Crippen LogP contribution in [0.25, 0.3) is 0 Å². The molecule has 2 aliphatic rings. The van der Waals surface area contributed by atoms with Gasteiger partial charge in [-0.05, 0) is 57.8 Å². The lowest BCUT2D eigenvalue weighted by Gasteiger charge is -2.47. The topological polar surface area (TPSA) is 24.5 Å². The van der Waals surface area contributed by atoms with E-state index in [0.29, 0.717) is 6.04 Å². The molecule has 0 bridgehead atoms. The number of rotatable bonds is 8. The number of hydrogen-bond acceptors (Lipinski definition) is 3. The molecular formula is C18H34N2O. The molecule has 1 atom stereocenters. The van der Waals surface area contributed by atoms with Crippen molar-refractivity contribution < 1.29 is 4.74 Å². The Balaban J connectivity index is 2.27. The fourth-order valence-corrected chi connectivity index (χ4v) is 4.25. The second-order valence-corrected chi connectivity index (χ2v) is 6.47. The lowest BCUT2D eigenvalue weighted by Crippen LogP contribution is -2.61. The van der Waals surface area contributed by atoms with Crippen LogP contribution in [-0.4, -0.2) is 42.7 Å². The molecule has 21 heavy (non-hydrogen) atoms. The molecule has 122 valence electrons. The van der Waals surface area contributed by atoms with E-state index in [1.165, 1.54) is 50.7 Å². The van der Waals surface area contributed by atoms with Gasteiger partial charge in [0.05, 0.1) is 12.6 Å². The number of ether oxygens (including phenoxy) is 1. The third kappa shape index (κ3) is 3.62. The summed E-state index contributed by atoms with van der Waals surface area (Å²) in [5, 5.41) is 3.84. The summed E-state index contributed by atoms with van der Waals surface area (Å²) < 4.78 is 6.09. The molecule has 0 amide bonds. The summed E-state index contributed by atoms with van der Waals surface area (Å²) in [7, 11) is 0. The summed E-state index contributed by atoms with van der Waals surface area (Å²) in [6.45, 7) is 11.1. The van der Waals surface area contributed by atoms with Crippen LogP contribution in [0.4, 0.5) is 0 Å². The second-order valence-electron chi connectivity index (χ2n) is 6.47. The summed E-state index contributed by atoms with van der Waals surface area (Å²) in [4.78, 5) is 2.69. The van der Waals surface area contributed by atoms with Gasteiger partial charge in [0, 0.05) is 5.54 Å². The van der Waals surface area contributed by atoms with E-state index in [1.807, 2.05) is 0 Å². The van der Waals surface area contributed by atoms with Gasteiger partial charge in [0.15, 0.2) is 0 Å². The van der Waals surface area contributed by atoms with Gasteiger partial charge >= 0.3 is 0 Å². The van der Waals surface area contributed by atoms with Crippen molar-refractivity contribution in [2.24, 2.45) is 0 Å². The molecule has 0 aromatic rings. The van der Waals surface area contributed by atoms with Crippen LogP contribution in [0.5, 0.6) is 0 Å². The highest BCUT2D eigenvalue weighted by Crippen LogP contribution is 2.41. The standard InChI is InChI=1S/C18H34N2O/c1-4-14-19-17(16-11-7-10-15-21-16)18(12-8-9-13-18)20(5-2)6-3/h11,17,19H,4-10,12-15H2,1-3H3. The average Bonchev–Trinajstić information content (AvgIpc) is 3.00. The number of nitrogens with zero attached hydrogens (tertiary/aromatic N) is 1. The molecule has 1 aliphatic carbocycles. The van der Waals surface area contributed by atoms with Gasteiger partial charge in [-0.3, -0.25) is 4.90 Å². The Morgan fingerprint density at radius 1 is 1.19 bits per heavy atom. The summed E-state index contributed by atoms with van der Waals surface area (Å²) in [5.74, 6) is 1.23. The van der Waals surface area contributed by atoms with Gasteiger partial charge < -0.3 is 10.1 Å². The average molecular weight is 294 g/mol. The minimum atomic E-state index is 0.266. The van der Waals surface area contributed by atoms with Crippen LogP contribution in [0.1, 0.15) is 65.7 Å². The molecule has 1 unspecified atom stereocenters. The minimum absolute atomic E-state index is 0.266. The Kier molecular flexibility index (Phi) is 6.56. The highest BCUT2D eigenvalue weighted by molar-refractivity contribution is 5.18. The first kappa shape index (κ1) is 16.8. The number of hydrogen-bond donors (Lipinski definition) is 1. The van der Waals surface area contributed by atoms with E-state index in [4.69, 9.17) is 4.74 Å². The Labute approximate surface area is 131 Å². The molecule has 1 saturated carbocycles. The molecule has 1 heterocycles. The highest BCUT2D eigenvalue weighted by atomic mass is 16.5. The van der Waals surface area contributed by atoms with Gasteiger partial charge in [-0.1, -0.05) is 33.6 Å². The van der Waals surface area contributed by atoms with Crippen LogP contribution < -0.4 is 5.32 Å². The van der Waals surface area contributed by atoms with E-state index in [0.717, 1.165) is 26.2 Å². The first-order chi connectivity index (χ1) is 10.3. The molecule has 3 heteroatoms. The molecule has 3 nitrogen and oxygen atoms in total. The lowest BCUT2D eigenvalue weighted by molar-refractivity contribution is 0.0433. The highest BCUT2D eigenvalue weighted by Gasteiger charge is 2.47. The number of likely N-dealkylation sites (N-methyl/N-ethyl adjacent to an activating group) is 1. The Morgan fingerprint density at radius 3 is 2.43 bits per heavy atom. The maximum absolute atomic E-state index is 6.09. The van der Waals surface area contributed by atoms with Crippen molar-refractivity contribution in [3.63, 3.8) is 0 Å².